The van der Waals surface area contributed by atoms with Gasteiger partial charge in [0.15, 0.2) is 11.5 Å². The van der Waals surface area contributed by atoms with E-state index in [2.05, 4.69) is 17.1 Å². The summed E-state index contributed by atoms with van der Waals surface area (Å²) in [6.45, 7) is 7.31. The van der Waals surface area contributed by atoms with E-state index in [0.29, 0.717) is 38.2 Å². The Morgan fingerprint density at radius 1 is 1.29 bits per heavy atom. The highest BCUT2D eigenvalue weighted by atomic mass is 16.5. The molecule has 0 unspecified atom stereocenters. The number of nitrogens with one attached hydrogen (secondary N) is 1. The lowest BCUT2D eigenvalue weighted by atomic mass is 10.1. The summed E-state index contributed by atoms with van der Waals surface area (Å²) in [6, 6.07) is 5.83. The lowest BCUT2D eigenvalue weighted by Gasteiger charge is -2.37. The number of amides is 1. The summed E-state index contributed by atoms with van der Waals surface area (Å²) in [7, 11) is 0. The van der Waals surface area contributed by atoms with Crippen molar-refractivity contribution in [2.75, 3.05) is 38.2 Å². The third kappa shape index (κ3) is 4.19. The molecule has 1 saturated heterocycles. The molecule has 0 bridgehead atoms. The van der Waals surface area contributed by atoms with Crippen molar-refractivity contribution in [2.45, 2.75) is 38.8 Å². The molecule has 1 amide bonds. The van der Waals surface area contributed by atoms with Crippen LogP contribution in [-0.2, 0) is 9.53 Å². The second kappa shape index (κ2) is 7.85. The van der Waals surface area contributed by atoms with Gasteiger partial charge in [-0.3, -0.25) is 9.69 Å². The molecule has 6 nitrogen and oxygen atoms in total. The van der Waals surface area contributed by atoms with Gasteiger partial charge in [0.1, 0.15) is 0 Å². The zero-order chi connectivity index (χ0) is 16.9. The molecule has 3 rings (SSSR count). The highest BCUT2D eigenvalue weighted by Gasteiger charge is 2.27. The zero-order valence-corrected chi connectivity index (χ0v) is 14.4. The molecule has 0 saturated carbocycles. The number of carbonyl (C=O) groups is 1. The number of ether oxygens (including phenoxy) is 3. The summed E-state index contributed by atoms with van der Waals surface area (Å²) < 4.78 is 17.0. The van der Waals surface area contributed by atoms with Crippen molar-refractivity contribution in [1.29, 1.82) is 0 Å². The molecule has 1 fully saturated rings. The fraction of sp³-hybridized carbons (Fsp3) is 0.611. The minimum atomic E-state index is -0.0166. The Bertz CT molecular complexity index is 578. The molecule has 1 aromatic carbocycles. The lowest BCUT2D eigenvalue weighted by molar-refractivity contribution is -0.121. The van der Waals surface area contributed by atoms with Gasteiger partial charge in [0.25, 0.3) is 0 Å². The summed E-state index contributed by atoms with van der Waals surface area (Å²) in [5.74, 6) is 1.41. The molecule has 2 aliphatic heterocycles. The molecule has 0 aromatic heterocycles. The number of carbonyl (C=O) groups excluding carboxylic acids is 1. The molecular weight excluding hydrogens is 308 g/mol. The first-order valence-corrected chi connectivity index (χ1v) is 8.71. The van der Waals surface area contributed by atoms with Crippen LogP contribution in [0, 0.1) is 0 Å². The normalized spacial score (nSPS) is 24.2. The van der Waals surface area contributed by atoms with Gasteiger partial charge in [-0.1, -0.05) is 6.92 Å². The predicted molar refractivity (Wildman–Crippen MR) is 91.7 cm³/mol. The molecule has 0 radical (unpaired) electrons. The van der Waals surface area contributed by atoms with E-state index in [0.717, 1.165) is 30.8 Å². The molecule has 6 heteroatoms. The first kappa shape index (κ1) is 17.0. The van der Waals surface area contributed by atoms with Crippen molar-refractivity contribution in [1.82, 2.24) is 4.90 Å². The largest absolute Gasteiger partial charge is 0.490 e. The van der Waals surface area contributed by atoms with Gasteiger partial charge >= 0.3 is 0 Å². The van der Waals surface area contributed by atoms with E-state index in [-0.39, 0.29) is 12.0 Å². The average molecular weight is 334 g/mol. The number of anilines is 1. The van der Waals surface area contributed by atoms with Crippen LogP contribution >= 0.6 is 0 Å². The molecular formula is C18H26N2O4. The van der Waals surface area contributed by atoms with Gasteiger partial charge in [-0.15, -0.1) is 0 Å². The number of fused-ring (bicyclic) bond motifs is 1. The van der Waals surface area contributed by atoms with Crippen molar-refractivity contribution in [2.24, 2.45) is 0 Å². The maximum atomic E-state index is 12.4. The molecule has 2 aliphatic rings. The van der Waals surface area contributed by atoms with Gasteiger partial charge in [-0.05, 0) is 25.5 Å². The Labute approximate surface area is 143 Å². The average Bonchev–Trinajstić information content (AvgIpc) is 2.80. The molecule has 2 heterocycles. The van der Waals surface area contributed by atoms with Crippen LogP contribution in [0.15, 0.2) is 18.2 Å². The fourth-order valence-electron chi connectivity index (χ4n) is 3.11. The smallest absolute Gasteiger partial charge is 0.238 e. The topological polar surface area (TPSA) is 60.0 Å². The Morgan fingerprint density at radius 2 is 2.08 bits per heavy atom. The van der Waals surface area contributed by atoms with Gasteiger partial charge in [0.2, 0.25) is 5.91 Å². The van der Waals surface area contributed by atoms with Gasteiger partial charge in [-0.25, -0.2) is 0 Å². The number of nitrogens with zero attached hydrogens (tertiary/aromatic N) is 1. The molecule has 1 aromatic rings. The standard InChI is InChI=1S/C18H26N2O4/c1-3-15-12-24-13(2)10-20(15)11-18(21)19-14-5-6-16-17(9-14)23-8-4-7-22-16/h5-6,9,13,15H,3-4,7-8,10-12H2,1-2H3,(H,19,21)/t13-,15+/m1/s1. The molecule has 24 heavy (non-hydrogen) atoms. The van der Waals surface area contributed by atoms with E-state index in [1.165, 1.54) is 0 Å². The van der Waals surface area contributed by atoms with Crippen LogP contribution in [0.4, 0.5) is 5.69 Å². The molecule has 1 N–H and O–H groups in total. The SMILES string of the molecule is CC[C@H]1CO[C@H](C)CN1CC(=O)Nc1ccc2c(c1)OCCCO2. The Kier molecular flexibility index (Phi) is 5.58. The maximum absolute atomic E-state index is 12.4. The second-order valence-corrected chi connectivity index (χ2v) is 6.40. The van der Waals surface area contributed by atoms with Crippen LogP contribution in [0.3, 0.4) is 0 Å². The van der Waals surface area contributed by atoms with E-state index >= 15 is 0 Å². The Morgan fingerprint density at radius 3 is 2.88 bits per heavy atom. The quantitative estimate of drug-likeness (QED) is 0.915. The summed E-state index contributed by atoms with van der Waals surface area (Å²) in [6.07, 6.45) is 2.01. The maximum Gasteiger partial charge on any atom is 0.238 e. The van der Waals surface area contributed by atoms with Crippen molar-refractivity contribution in [3.63, 3.8) is 0 Å². The van der Waals surface area contributed by atoms with Crippen LogP contribution in [0.5, 0.6) is 11.5 Å². The highest BCUT2D eigenvalue weighted by Crippen LogP contribution is 2.32. The van der Waals surface area contributed by atoms with Crippen molar-refractivity contribution in [3.05, 3.63) is 18.2 Å². The first-order valence-electron chi connectivity index (χ1n) is 8.71. The van der Waals surface area contributed by atoms with E-state index in [4.69, 9.17) is 14.2 Å². The molecule has 0 aliphatic carbocycles. The summed E-state index contributed by atoms with van der Waals surface area (Å²) in [4.78, 5) is 14.6. The van der Waals surface area contributed by atoms with Crippen LogP contribution < -0.4 is 14.8 Å². The van der Waals surface area contributed by atoms with Crippen molar-refractivity contribution >= 4 is 11.6 Å². The summed E-state index contributed by atoms with van der Waals surface area (Å²) in [5, 5.41) is 2.96. The van der Waals surface area contributed by atoms with E-state index in [1.807, 2.05) is 25.1 Å². The van der Waals surface area contributed by atoms with Gasteiger partial charge in [0.05, 0.1) is 32.5 Å². The van der Waals surface area contributed by atoms with Gasteiger partial charge in [-0.2, -0.15) is 0 Å². The van der Waals surface area contributed by atoms with E-state index < -0.39 is 0 Å². The minimum absolute atomic E-state index is 0.0166. The predicted octanol–water partition coefficient (Wildman–Crippen LogP) is 2.29. The third-order valence-corrected chi connectivity index (χ3v) is 4.43. The highest BCUT2D eigenvalue weighted by molar-refractivity contribution is 5.92. The number of hydrogen-bond donors (Lipinski definition) is 1. The summed E-state index contributed by atoms with van der Waals surface area (Å²) in [5.41, 5.74) is 0.735. The monoisotopic (exact) mass is 334 g/mol. The van der Waals surface area contributed by atoms with Crippen LogP contribution in [-0.4, -0.2) is 55.9 Å². The minimum Gasteiger partial charge on any atom is -0.490 e. The fourth-order valence-corrected chi connectivity index (χ4v) is 3.11. The number of morpholine rings is 1. The van der Waals surface area contributed by atoms with E-state index in [1.54, 1.807) is 0 Å². The second-order valence-electron chi connectivity index (χ2n) is 6.40. The van der Waals surface area contributed by atoms with Gasteiger partial charge in [0, 0.05) is 30.8 Å². The number of rotatable bonds is 4. The van der Waals surface area contributed by atoms with Crippen LogP contribution in [0.1, 0.15) is 26.7 Å². The number of hydrogen-bond acceptors (Lipinski definition) is 5. The number of benzene rings is 1. The Hall–Kier alpha value is -1.79. The van der Waals surface area contributed by atoms with Gasteiger partial charge < -0.3 is 19.5 Å². The van der Waals surface area contributed by atoms with E-state index in [9.17, 15) is 4.79 Å². The lowest BCUT2D eigenvalue weighted by Crippen LogP contribution is -2.51. The van der Waals surface area contributed by atoms with Crippen LogP contribution in [0.2, 0.25) is 0 Å². The molecule has 2 atom stereocenters. The summed E-state index contributed by atoms with van der Waals surface area (Å²) >= 11 is 0. The van der Waals surface area contributed by atoms with Crippen LogP contribution in [0.25, 0.3) is 0 Å². The van der Waals surface area contributed by atoms with Crippen molar-refractivity contribution < 1.29 is 19.0 Å². The van der Waals surface area contributed by atoms with Crippen molar-refractivity contribution in [3.8, 4) is 11.5 Å². The third-order valence-electron chi connectivity index (χ3n) is 4.43. The molecule has 0 spiro atoms. The Balaban J connectivity index is 1.61. The zero-order valence-electron chi connectivity index (χ0n) is 14.4. The molecule has 132 valence electrons. The first-order chi connectivity index (χ1) is 11.7.